The molecule has 33 heavy (non-hydrogen) atoms. The summed E-state index contributed by atoms with van der Waals surface area (Å²) in [6, 6.07) is 16.5. The van der Waals surface area contributed by atoms with Gasteiger partial charge >= 0.3 is 12.1 Å². The molecular weight excluding hydrogens is 424 g/mol. The van der Waals surface area contributed by atoms with Crippen LogP contribution in [0, 0.1) is 5.92 Å². The van der Waals surface area contributed by atoms with E-state index in [4.69, 9.17) is 9.15 Å². The van der Waals surface area contributed by atoms with Gasteiger partial charge in [0, 0.05) is 12.0 Å². The molecule has 3 N–H and O–H groups in total. The highest BCUT2D eigenvalue weighted by molar-refractivity contribution is 6.01. The van der Waals surface area contributed by atoms with Crippen LogP contribution < -0.4 is 10.6 Å². The van der Waals surface area contributed by atoms with Crippen LogP contribution in [0.3, 0.4) is 0 Å². The van der Waals surface area contributed by atoms with Crippen LogP contribution in [0.5, 0.6) is 0 Å². The van der Waals surface area contributed by atoms with Crippen molar-refractivity contribution in [1.82, 2.24) is 5.32 Å². The summed E-state index contributed by atoms with van der Waals surface area (Å²) in [7, 11) is 0. The van der Waals surface area contributed by atoms with Crippen LogP contribution in [0.1, 0.15) is 40.4 Å². The lowest BCUT2D eigenvalue weighted by atomic mass is 9.98. The fourth-order valence-corrected chi connectivity index (χ4v) is 4.35. The maximum Gasteiger partial charge on any atom is 0.411 e. The van der Waals surface area contributed by atoms with E-state index in [-0.39, 0.29) is 29.9 Å². The minimum absolute atomic E-state index is 0.0834. The summed E-state index contributed by atoms with van der Waals surface area (Å²) in [6.45, 7) is 0.127. The number of hydrogen-bond donors (Lipinski definition) is 3. The molecule has 0 aliphatic heterocycles. The number of carbonyl (C=O) groups is 3. The predicted molar refractivity (Wildman–Crippen MR) is 119 cm³/mol. The van der Waals surface area contributed by atoms with Crippen LogP contribution >= 0.6 is 0 Å². The van der Waals surface area contributed by atoms with E-state index in [0.717, 1.165) is 35.1 Å². The molecular formula is C25H22N2O6. The Bertz CT molecular complexity index is 1180. The van der Waals surface area contributed by atoms with Gasteiger partial charge in [-0.1, -0.05) is 48.5 Å². The minimum Gasteiger partial charge on any atom is -0.480 e. The van der Waals surface area contributed by atoms with Crippen molar-refractivity contribution >= 4 is 23.7 Å². The van der Waals surface area contributed by atoms with Gasteiger partial charge in [-0.15, -0.1) is 0 Å². The van der Waals surface area contributed by atoms with Crippen LogP contribution in [-0.2, 0) is 9.53 Å². The number of carbonyl (C=O) groups excluding carboxylic acids is 2. The lowest BCUT2D eigenvalue weighted by Crippen LogP contribution is -2.42. The van der Waals surface area contributed by atoms with Crippen molar-refractivity contribution in [3.8, 4) is 11.1 Å². The quantitative estimate of drug-likeness (QED) is 0.500. The topological polar surface area (TPSA) is 118 Å². The Balaban J connectivity index is 1.25. The third-order valence-electron chi connectivity index (χ3n) is 6.10. The molecule has 1 atom stereocenters. The number of amides is 2. The van der Waals surface area contributed by atoms with Gasteiger partial charge in [-0.2, -0.15) is 0 Å². The first kappa shape index (κ1) is 20.8. The van der Waals surface area contributed by atoms with Crippen LogP contribution in [0.25, 0.3) is 11.1 Å². The summed E-state index contributed by atoms with van der Waals surface area (Å²) >= 11 is 0. The number of benzene rings is 2. The summed E-state index contributed by atoms with van der Waals surface area (Å²) < 4.78 is 10.7. The van der Waals surface area contributed by atoms with Crippen molar-refractivity contribution in [1.29, 1.82) is 0 Å². The molecule has 0 saturated heterocycles. The van der Waals surface area contributed by atoms with Gasteiger partial charge in [0.1, 0.15) is 12.6 Å². The Morgan fingerprint density at radius 2 is 1.64 bits per heavy atom. The zero-order valence-corrected chi connectivity index (χ0v) is 17.6. The van der Waals surface area contributed by atoms with E-state index in [0.29, 0.717) is 0 Å². The molecule has 168 valence electrons. The molecule has 2 aliphatic carbocycles. The van der Waals surface area contributed by atoms with Gasteiger partial charge in [-0.05, 0) is 41.0 Å². The first-order chi connectivity index (χ1) is 16.0. The van der Waals surface area contributed by atoms with Gasteiger partial charge < -0.3 is 19.6 Å². The normalized spacial score (nSPS) is 15.3. The van der Waals surface area contributed by atoms with Crippen LogP contribution in [0.2, 0.25) is 0 Å². The molecule has 1 aromatic heterocycles. The Kier molecular flexibility index (Phi) is 5.34. The molecule has 5 rings (SSSR count). The van der Waals surface area contributed by atoms with Crippen LogP contribution in [-0.4, -0.2) is 35.7 Å². The average Bonchev–Trinajstić information content (AvgIpc) is 3.46. The summed E-state index contributed by atoms with van der Waals surface area (Å²) in [4.78, 5) is 36.5. The Morgan fingerprint density at radius 1 is 1.00 bits per heavy atom. The van der Waals surface area contributed by atoms with E-state index < -0.39 is 24.0 Å². The van der Waals surface area contributed by atoms with Crippen molar-refractivity contribution in [3.63, 3.8) is 0 Å². The number of hydrogen-bond acceptors (Lipinski definition) is 5. The Morgan fingerprint density at radius 3 is 2.24 bits per heavy atom. The van der Waals surface area contributed by atoms with E-state index in [9.17, 15) is 19.5 Å². The fraction of sp³-hybridized carbons (Fsp3) is 0.240. The lowest BCUT2D eigenvalue weighted by molar-refractivity contribution is -0.139. The number of carboxylic acids is 1. The molecule has 3 aromatic rings. The number of nitrogens with one attached hydrogen (secondary N) is 2. The van der Waals surface area contributed by atoms with Crippen LogP contribution in [0.4, 0.5) is 10.5 Å². The van der Waals surface area contributed by atoms with Gasteiger partial charge in [0.15, 0.2) is 0 Å². The molecule has 8 nitrogen and oxygen atoms in total. The summed E-state index contributed by atoms with van der Waals surface area (Å²) in [5, 5.41) is 14.3. The van der Waals surface area contributed by atoms with Gasteiger partial charge in [-0.3, -0.25) is 10.1 Å². The number of fused-ring (bicyclic) bond motifs is 3. The molecule has 1 fully saturated rings. The molecule has 0 spiro atoms. The van der Waals surface area contributed by atoms with E-state index >= 15 is 0 Å². The standard InChI is InChI=1S/C25H22N2O6/c28-23(27-21(24(29)30)14-9-10-14)22-20(11-12-32-22)26-25(31)33-13-19-17-7-3-1-5-15(17)16-6-2-4-8-18(16)19/h1-8,11-12,14,19,21H,9-10,13H2,(H,26,31)(H,27,28)(H,29,30). The van der Waals surface area contributed by atoms with E-state index in [2.05, 4.69) is 22.8 Å². The predicted octanol–water partition coefficient (Wildman–Crippen LogP) is 4.23. The zero-order valence-electron chi connectivity index (χ0n) is 17.6. The average molecular weight is 446 g/mol. The molecule has 1 saturated carbocycles. The second-order valence-corrected chi connectivity index (χ2v) is 8.24. The second kappa shape index (κ2) is 8.46. The monoisotopic (exact) mass is 446 g/mol. The van der Waals surface area contributed by atoms with E-state index in [1.54, 1.807) is 0 Å². The first-order valence-electron chi connectivity index (χ1n) is 10.8. The van der Waals surface area contributed by atoms with Gasteiger partial charge in [-0.25, -0.2) is 9.59 Å². The molecule has 2 amide bonds. The largest absolute Gasteiger partial charge is 0.480 e. The number of anilines is 1. The highest BCUT2D eigenvalue weighted by Gasteiger charge is 2.38. The Labute approximate surface area is 189 Å². The molecule has 8 heteroatoms. The SMILES string of the molecule is O=C(Nc1ccoc1C(=O)NC(C(=O)O)C1CC1)OCC1c2ccccc2-c2ccccc21. The molecule has 1 unspecified atom stereocenters. The third-order valence-corrected chi connectivity index (χ3v) is 6.10. The third kappa shape index (κ3) is 4.07. The number of furan rings is 1. The van der Waals surface area contributed by atoms with Crippen LogP contribution in [0.15, 0.2) is 65.3 Å². The number of aliphatic carboxylic acids is 1. The highest BCUT2D eigenvalue weighted by Crippen LogP contribution is 2.44. The fourth-order valence-electron chi connectivity index (χ4n) is 4.35. The van der Waals surface area contributed by atoms with Gasteiger partial charge in [0.2, 0.25) is 5.76 Å². The minimum atomic E-state index is -1.09. The summed E-state index contributed by atoms with van der Waals surface area (Å²) in [6.07, 6.45) is 2.02. The van der Waals surface area contributed by atoms with Gasteiger partial charge in [0.05, 0.1) is 12.0 Å². The highest BCUT2D eigenvalue weighted by atomic mass is 16.5. The van der Waals surface area contributed by atoms with E-state index in [1.165, 1.54) is 12.3 Å². The first-order valence-corrected chi connectivity index (χ1v) is 10.8. The smallest absolute Gasteiger partial charge is 0.411 e. The summed E-state index contributed by atoms with van der Waals surface area (Å²) in [5.41, 5.74) is 4.55. The molecule has 0 bridgehead atoms. The molecule has 2 aromatic carbocycles. The number of ether oxygens (including phenoxy) is 1. The van der Waals surface area contributed by atoms with Crippen molar-refractivity contribution < 1.29 is 28.6 Å². The van der Waals surface area contributed by atoms with Crippen molar-refractivity contribution in [2.75, 3.05) is 11.9 Å². The maximum atomic E-state index is 12.5. The Hall–Kier alpha value is -4.07. The molecule has 2 aliphatic rings. The van der Waals surface area contributed by atoms with Crippen molar-refractivity contribution in [2.24, 2.45) is 5.92 Å². The maximum absolute atomic E-state index is 12.5. The molecule has 0 radical (unpaired) electrons. The second-order valence-electron chi connectivity index (χ2n) is 8.24. The molecule has 1 heterocycles. The number of rotatable bonds is 7. The van der Waals surface area contributed by atoms with Gasteiger partial charge in [0.25, 0.3) is 5.91 Å². The zero-order chi connectivity index (χ0) is 22.9. The van der Waals surface area contributed by atoms with Crippen molar-refractivity contribution in [2.45, 2.75) is 24.8 Å². The number of carboxylic acid groups (broad SMARTS) is 1. The summed E-state index contributed by atoms with van der Waals surface area (Å²) in [5.74, 6) is -2.14. The van der Waals surface area contributed by atoms with E-state index in [1.807, 2.05) is 36.4 Å². The lowest BCUT2D eigenvalue weighted by Gasteiger charge is -2.15. The van der Waals surface area contributed by atoms with Crippen molar-refractivity contribution in [3.05, 3.63) is 77.7 Å².